The van der Waals surface area contributed by atoms with E-state index in [4.69, 9.17) is 0 Å². The third kappa shape index (κ3) is 2.11. The van der Waals surface area contributed by atoms with Crippen LogP contribution < -0.4 is 0 Å². The molecule has 1 fully saturated rings. The smallest absolute Gasteiger partial charge is 0.144 e. The Labute approximate surface area is 150 Å². The van der Waals surface area contributed by atoms with Crippen molar-refractivity contribution in [3.63, 3.8) is 0 Å². The number of ketones is 1. The Balaban J connectivity index is 1.63. The lowest BCUT2D eigenvalue weighted by Gasteiger charge is -2.38. The summed E-state index contributed by atoms with van der Waals surface area (Å²) >= 11 is 0. The highest BCUT2D eigenvalue weighted by atomic mass is 16.1. The number of rotatable bonds is 2. The molecule has 0 saturated heterocycles. The summed E-state index contributed by atoms with van der Waals surface area (Å²) in [7, 11) is 0. The van der Waals surface area contributed by atoms with Gasteiger partial charge in [-0.15, -0.1) is 0 Å². The summed E-state index contributed by atoms with van der Waals surface area (Å²) in [5.41, 5.74) is 4.05. The molecule has 4 unspecified atom stereocenters. The third-order valence-electron chi connectivity index (χ3n) is 7.30. The van der Waals surface area contributed by atoms with Gasteiger partial charge in [-0.05, 0) is 70.9 Å². The summed E-state index contributed by atoms with van der Waals surface area (Å²) in [5, 5.41) is 2.70. The highest BCUT2D eigenvalue weighted by molar-refractivity contribution is 5.94. The van der Waals surface area contributed by atoms with Crippen molar-refractivity contribution >= 4 is 16.6 Å². The maximum atomic E-state index is 13.1. The van der Waals surface area contributed by atoms with Crippen LogP contribution in [0.1, 0.15) is 55.7 Å². The third-order valence-corrected chi connectivity index (χ3v) is 7.30. The average Bonchev–Trinajstić information content (AvgIpc) is 3.21. The minimum Gasteiger partial charge on any atom is -0.299 e. The molecule has 128 valence electrons. The molecular weight excluding hydrogens is 304 g/mol. The highest BCUT2D eigenvalue weighted by Gasteiger charge is 2.54. The number of hydrogen-bond donors (Lipinski definition) is 0. The molecule has 5 rings (SSSR count). The minimum atomic E-state index is -0.0889. The molecule has 0 radical (unpaired) electrons. The fourth-order valence-corrected chi connectivity index (χ4v) is 5.69. The molecule has 25 heavy (non-hydrogen) atoms. The molecule has 3 aliphatic rings. The average molecular weight is 330 g/mol. The molecule has 2 aromatic rings. The molecule has 4 atom stereocenters. The topological polar surface area (TPSA) is 17.1 Å². The van der Waals surface area contributed by atoms with Gasteiger partial charge in [-0.25, -0.2) is 0 Å². The Hall–Kier alpha value is -1.89. The Morgan fingerprint density at radius 1 is 1.20 bits per heavy atom. The minimum absolute atomic E-state index is 0.0889. The molecule has 3 aliphatic carbocycles. The number of Topliss-reactive ketones (excluding diaryl/α,β-unsaturated/α-hetero) is 1. The maximum Gasteiger partial charge on any atom is 0.144 e. The highest BCUT2D eigenvalue weighted by Crippen LogP contribution is 2.56. The summed E-state index contributed by atoms with van der Waals surface area (Å²) in [6.07, 6.45) is 9.70. The van der Waals surface area contributed by atoms with Gasteiger partial charge in [-0.2, -0.15) is 0 Å². The Bertz CT molecular complexity index is 906. The van der Waals surface area contributed by atoms with Crippen LogP contribution in [-0.2, 0) is 17.6 Å². The van der Waals surface area contributed by atoms with Gasteiger partial charge >= 0.3 is 0 Å². The van der Waals surface area contributed by atoms with Gasteiger partial charge in [0.2, 0.25) is 0 Å². The zero-order valence-electron chi connectivity index (χ0n) is 15.2. The van der Waals surface area contributed by atoms with Crippen LogP contribution in [0.25, 0.3) is 10.8 Å². The normalized spacial score (nSPS) is 31.0. The SMILES string of the molecule is CCC(C)c1cccc2cc3c(cc12)CC(=O)C1(C3)CC2C=CC1C2. The first kappa shape index (κ1) is 15.4. The van der Waals surface area contributed by atoms with Gasteiger partial charge in [-0.1, -0.05) is 56.3 Å². The molecular formula is C24H26O. The van der Waals surface area contributed by atoms with Crippen LogP contribution in [0.5, 0.6) is 0 Å². The predicted molar refractivity (Wildman–Crippen MR) is 103 cm³/mol. The fraction of sp³-hybridized carbons (Fsp3) is 0.458. The summed E-state index contributed by atoms with van der Waals surface area (Å²) in [4.78, 5) is 13.1. The van der Waals surface area contributed by atoms with Crippen molar-refractivity contribution in [2.75, 3.05) is 0 Å². The van der Waals surface area contributed by atoms with E-state index in [1.807, 2.05) is 0 Å². The Kier molecular flexibility index (Phi) is 3.26. The zero-order chi connectivity index (χ0) is 17.2. The van der Waals surface area contributed by atoms with E-state index in [0.717, 1.165) is 19.3 Å². The predicted octanol–water partition coefficient (Wildman–Crippen LogP) is 5.60. The molecule has 0 aromatic heterocycles. The van der Waals surface area contributed by atoms with Crippen molar-refractivity contribution in [2.45, 2.75) is 51.9 Å². The number of fused-ring (bicyclic) bond motifs is 5. The number of carbonyl (C=O) groups excluding carboxylic acids is 1. The van der Waals surface area contributed by atoms with E-state index in [1.54, 1.807) is 0 Å². The summed E-state index contributed by atoms with van der Waals surface area (Å²) in [6, 6.07) is 11.4. The second-order valence-electron chi connectivity index (χ2n) is 8.62. The van der Waals surface area contributed by atoms with Crippen LogP contribution in [0.4, 0.5) is 0 Å². The Morgan fingerprint density at radius 3 is 2.80 bits per heavy atom. The van der Waals surface area contributed by atoms with E-state index < -0.39 is 0 Å². The van der Waals surface area contributed by atoms with Crippen molar-refractivity contribution in [3.8, 4) is 0 Å². The van der Waals surface area contributed by atoms with Gasteiger partial charge in [0.15, 0.2) is 0 Å². The van der Waals surface area contributed by atoms with E-state index >= 15 is 0 Å². The number of allylic oxidation sites excluding steroid dienone is 2. The quantitative estimate of drug-likeness (QED) is 0.655. The van der Waals surface area contributed by atoms with Crippen LogP contribution in [0.2, 0.25) is 0 Å². The van der Waals surface area contributed by atoms with Crippen molar-refractivity contribution in [1.82, 2.24) is 0 Å². The first-order valence-electron chi connectivity index (χ1n) is 9.87. The van der Waals surface area contributed by atoms with E-state index in [1.165, 1.54) is 33.9 Å². The second kappa shape index (κ2) is 5.30. The van der Waals surface area contributed by atoms with Crippen LogP contribution in [0.3, 0.4) is 0 Å². The van der Waals surface area contributed by atoms with Crippen LogP contribution >= 0.6 is 0 Å². The second-order valence-corrected chi connectivity index (χ2v) is 8.62. The van der Waals surface area contributed by atoms with E-state index in [2.05, 4.69) is 56.3 Å². The van der Waals surface area contributed by atoms with E-state index in [9.17, 15) is 4.79 Å². The lowest BCUT2D eigenvalue weighted by molar-refractivity contribution is -0.130. The largest absolute Gasteiger partial charge is 0.299 e. The summed E-state index contributed by atoms with van der Waals surface area (Å²) in [5.74, 6) is 2.19. The van der Waals surface area contributed by atoms with Crippen molar-refractivity contribution in [3.05, 3.63) is 59.2 Å². The summed E-state index contributed by atoms with van der Waals surface area (Å²) in [6.45, 7) is 4.55. The van der Waals surface area contributed by atoms with Crippen molar-refractivity contribution in [2.24, 2.45) is 17.3 Å². The maximum absolute atomic E-state index is 13.1. The number of carbonyl (C=O) groups is 1. The molecule has 2 aromatic carbocycles. The fourth-order valence-electron chi connectivity index (χ4n) is 5.69. The number of hydrogen-bond acceptors (Lipinski definition) is 1. The summed E-state index contributed by atoms with van der Waals surface area (Å²) < 4.78 is 0. The molecule has 1 saturated carbocycles. The zero-order valence-corrected chi connectivity index (χ0v) is 15.2. The lowest BCUT2D eigenvalue weighted by Crippen LogP contribution is -2.41. The molecule has 2 bridgehead atoms. The lowest BCUT2D eigenvalue weighted by atomic mass is 9.63. The standard InChI is InChI=1S/C24H26O/c1-3-15(2)21-6-4-5-17-10-19-14-24(13-16-7-8-20(24)9-16)23(25)12-18(19)11-22(17)21/h4-8,10-11,15-16,20H,3,9,12-14H2,1-2H3. The molecule has 0 N–H and O–H groups in total. The van der Waals surface area contributed by atoms with Gasteiger partial charge in [0, 0.05) is 11.8 Å². The molecule has 1 spiro atoms. The molecule has 0 amide bonds. The van der Waals surface area contributed by atoms with Crippen LogP contribution in [0, 0.1) is 17.3 Å². The molecule has 0 aliphatic heterocycles. The Morgan fingerprint density at radius 2 is 2.08 bits per heavy atom. The van der Waals surface area contributed by atoms with Crippen molar-refractivity contribution < 1.29 is 4.79 Å². The van der Waals surface area contributed by atoms with Gasteiger partial charge in [0.25, 0.3) is 0 Å². The van der Waals surface area contributed by atoms with Crippen molar-refractivity contribution in [1.29, 1.82) is 0 Å². The number of benzene rings is 2. The first-order chi connectivity index (χ1) is 12.1. The monoisotopic (exact) mass is 330 g/mol. The first-order valence-corrected chi connectivity index (χ1v) is 9.87. The van der Waals surface area contributed by atoms with Gasteiger partial charge in [0.1, 0.15) is 5.78 Å². The molecule has 1 heteroatoms. The van der Waals surface area contributed by atoms with Crippen LogP contribution in [0.15, 0.2) is 42.5 Å². The van der Waals surface area contributed by atoms with Gasteiger partial charge in [0.05, 0.1) is 0 Å². The molecule has 1 nitrogen and oxygen atoms in total. The van der Waals surface area contributed by atoms with Gasteiger partial charge < -0.3 is 0 Å². The van der Waals surface area contributed by atoms with Gasteiger partial charge in [-0.3, -0.25) is 4.79 Å². The van der Waals surface area contributed by atoms with E-state index in [0.29, 0.717) is 30.0 Å². The molecule has 0 heterocycles. The van der Waals surface area contributed by atoms with E-state index in [-0.39, 0.29) is 5.41 Å². The van der Waals surface area contributed by atoms with Crippen LogP contribution in [-0.4, -0.2) is 5.78 Å².